The first-order chi connectivity index (χ1) is 14.0. The maximum absolute atomic E-state index is 11.8. The van der Waals surface area contributed by atoms with Gasteiger partial charge in [-0.25, -0.2) is 0 Å². The van der Waals surface area contributed by atoms with Crippen molar-refractivity contribution in [1.82, 2.24) is 19.4 Å². The lowest BCUT2D eigenvalue weighted by atomic mass is 10.2. The van der Waals surface area contributed by atoms with Crippen molar-refractivity contribution in [1.29, 1.82) is 0 Å². The van der Waals surface area contributed by atoms with Crippen LogP contribution >= 0.6 is 11.9 Å². The molecule has 0 saturated carbocycles. The van der Waals surface area contributed by atoms with Gasteiger partial charge in [0.15, 0.2) is 12.0 Å². The number of aliphatic imine (C=N–C) groups is 1. The second-order valence-electron chi connectivity index (χ2n) is 7.12. The topological polar surface area (TPSA) is 91.3 Å². The van der Waals surface area contributed by atoms with E-state index < -0.39 is 0 Å². The van der Waals surface area contributed by atoms with Gasteiger partial charge in [0.25, 0.3) is 11.7 Å². The normalized spacial score (nSPS) is 15.9. The summed E-state index contributed by atoms with van der Waals surface area (Å²) in [6.07, 6.45) is 5.76. The van der Waals surface area contributed by atoms with Crippen LogP contribution in [-0.4, -0.2) is 32.8 Å². The second kappa shape index (κ2) is 8.14. The smallest absolute Gasteiger partial charge is 0.285 e. The predicted molar refractivity (Wildman–Crippen MR) is 116 cm³/mol. The molecule has 0 aliphatic carbocycles. The number of H-pyrrole nitrogens is 1. The Morgan fingerprint density at radius 1 is 1.31 bits per heavy atom. The molecular formula is C20H23N7OS+. The highest BCUT2D eigenvalue weighted by Gasteiger charge is 2.37. The van der Waals surface area contributed by atoms with Crippen molar-refractivity contribution in [2.24, 2.45) is 10.9 Å². The summed E-state index contributed by atoms with van der Waals surface area (Å²) in [5, 5.41) is 13.4. The molecule has 9 heteroatoms. The number of nitrogens with one attached hydrogen (secondary N) is 3. The summed E-state index contributed by atoms with van der Waals surface area (Å²) < 4.78 is 2.12. The van der Waals surface area contributed by atoms with Gasteiger partial charge in [0, 0.05) is 28.3 Å². The molecule has 3 N–H and O–H groups in total. The average Bonchev–Trinajstić information content (AvgIpc) is 3.32. The summed E-state index contributed by atoms with van der Waals surface area (Å²) in [5.41, 5.74) is 1.79. The van der Waals surface area contributed by atoms with E-state index in [9.17, 15) is 4.79 Å². The van der Waals surface area contributed by atoms with E-state index in [1.54, 1.807) is 18.1 Å². The Morgan fingerprint density at radius 3 is 2.79 bits per heavy atom. The molecule has 0 spiro atoms. The number of rotatable bonds is 6. The Bertz CT molecular complexity index is 991. The molecule has 0 bridgehead atoms. The van der Waals surface area contributed by atoms with Crippen molar-refractivity contribution in [3.63, 3.8) is 0 Å². The van der Waals surface area contributed by atoms with Crippen LogP contribution in [0.25, 0.3) is 0 Å². The number of aryl methyl sites for hydroxylation is 1. The van der Waals surface area contributed by atoms with Crippen LogP contribution in [0.3, 0.4) is 0 Å². The Balaban J connectivity index is 1.47. The molecule has 0 unspecified atom stereocenters. The number of anilines is 2. The van der Waals surface area contributed by atoms with Gasteiger partial charge in [-0.1, -0.05) is 13.8 Å². The van der Waals surface area contributed by atoms with Crippen molar-refractivity contribution in [2.45, 2.75) is 25.7 Å². The minimum Gasteiger partial charge on any atom is -0.326 e. The fourth-order valence-corrected chi connectivity index (χ4v) is 3.70. The molecule has 2 aliphatic rings. The van der Waals surface area contributed by atoms with Gasteiger partial charge < -0.3 is 5.32 Å². The number of nitrogens with zero attached hydrogens (tertiary/aromatic N) is 4. The predicted octanol–water partition coefficient (Wildman–Crippen LogP) is 3.57. The summed E-state index contributed by atoms with van der Waals surface area (Å²) >= 11 is 1.61. The van der Waals surface area contributed by atoms with E-state index in [1.807, 2.05) is 68.4 Å². The van der Waals surface area contributed by atoms with E-state index in [0.29, 0.717) is 6.54 Å². The summed E-state index contributed by atoms with van der Waals surface area (Å²) in [7, 11) is 0. The Kier molecular flexibility index (Phi) is 5.41. The second-order valence-corrected chi connectivity index (χ2v) is 8.25. The van der Waals surface area contributed by atoms with Crippen molar-refractivity contribution < 1.29 is 4.79 Å². The third-order valence-corrected chi connectivity index (χ3v) is 5.32. The van der Waals surface area contributed by atoms with E-state index in [0.717, 1.165) is 33.8 Å². The fourth-order valence-electron chi connectivity index (χ4n) is 2.84. The van der Waals surface area contributed by atoms with Gasteiger partial charge in [-0.15, -0.1) is 0 Å². The monoisotopic (exact) mass is 409 g/mol. The van der Waals surface area contributed by atoms with Gasteiger partial charge in [0.05, 0.1) is 12.4 Å². The third kappa shape index (κ3) is 4.52. The van der Waals surface area contributed by atoms with Crippen LogP contribution in [0.4, 0.5) is 11.5 Å². The lowest BCUT2D eigenvalue weighted by Gasteiger charge is -2.24. The van der Waals surface area contributed by atoms with Crippen LogP contribution in [-0.2, 0) is 4.79 Å². The maximum Gasteiger partial charge on any atom is 0.285 e. The number of fused-ring (bicyclic) bond motifs is 1. The van der Waals surface area contributed by atoms with Gasteiger partial charge >= 0.3 is 0 Å². The number of aromatic nitrogens is 2. The molecule has 0 saturated heterocycles. The quantitative estimate of drug-likeness (QED) is 0.501. The lowest BCUT2D eigenvalue weighted by Crippen LogP contribution is -2.42. The number of amidine groups is 1. The molecule has 0 atom stereocenters. The minimum atomic E-state index is -0.0458. The molecule has 29 heavy (non-hydrogen) atoms. The van der Waals surface area contributed by atoms with Crippen molar-refractivity contribution >= 4 is 35.2 Å². The van der Waals surface area contributed by atoms with Crippen LogP contribution in [0.5, 0.6) is 0 Å². The zero-order valence-corrected chi connectivity index (χ0v) is 17.3. The minimum absolute atomic E-state index is 0.0144. The van der Waals surface area contributed by atoms with E-state index >= 15 is 0 Å². The van der Waals surface area contributed by atoms with E-state index in [4.69, 9.17) is 0 Å². The molecular weight excluding hydrogens is 386 g/mol. The average molecular weight is 410 g/mol. The van der Waals surface area contributed by atoms with Crippen LogP contribution < -0.4 is 15.5 Å². The van der Waals surface area contributed by atoms with Crippen molar-refractivity contribution in [3.05, 3.63) is 60.4 Å². The van der Waals surface area contributed by atoms with Gasteiger partial charge in [-0.2, -0.15) is 10.1 Å². The molecule has 0 fully saturated rings. The molecule has 1 radical (unpaired) electrons. The summed E-state index contributed by atoms with van der Waals surface area (Å²) in [4.78, 5) is 19.4. The van der Waals surface area contributed by atoms with Gasteiger partial charge in [0.1, 0.15) is 6.54 Å². The Morgan fingerprint density at radius 2 is 2.10 bits per heavy atom. The van der Waals surface area contributed by atoms with Crippen molar-refractivity contribution in [3.8, 4) is 0 Å². The largest absolute Gasteiger partial charge is 0.326 e. The van der Waals surface area contributed by atoms with Gasteiger partial charge in [-0.3, -0.25) is 19.5 Å². The van der Waals surface area contributed by atoms with Crippen LogP contribution in [0, 0.1) is 12.8 Å². The van der Waals surface area contributed by atoms with Crippen molar-refractivity contribution in [2.75, 3.05) is 17.2 Å². The fraction of sp³-hybridized carbons (Fsp3) is 0.250. The number of aromatic amines is 1. The zero-order chi connectivity index (χ0) is 20.4. The molecule has 149 valence electrons. The molecule has 2 aromatic rings. The molecule has 1 amide bonds. The van der Waals surface area contributed by atoms with E-state index in [-0.39, 0.29) is 11.8 Å². The maximum atomic E-state index is 11.8. The van der Waals surface area contributed by atoms with E-state index in [1.165, 1.54) is 0 Å². The molecule has 3 heterocycles. The first-order valence-electron chi connectivity index (χ1n) is 9.37. The number of hydrogen-bond donors (Lipinski definition) is 3. The highest BCUT2D eigenvalue weighted by atomic mass is 32.2. The number of amides is 1. The summed E-state index contributed by atoms with van der Waals surface area (Å²) in [6.45, 7) is 6.39. The molecule has 1 aromatic heterocycles. The number of benzene rings is 1. The molecule has 8 nitrogen and oxygen atoms in total. The number of carbonyl (C=O) groups excluding carboxylic acids is 1. The molecule has 1 aromatic carbocycles. The van der Waals surface area contributed by atoms with E-state index in [2.05, 4.69) is 30.1 Å². The number of carbonyl (C=O) groups is 1. The standard InChI is InChI=1S/C20H23N7OS/c1-13(2)20(28)22-15-4-6-16(7-5-15)29-26-11-18-21-8-9-27(18)19(12-26)23-17-10-14(3)24-25-17/h4-10,12-13H,11H2,1-3H3,(H,22,28)(H2,23,24,25)/q+1. The third-order valence-electron chi connectivity index (χ3n) is 4.37. The number of hydrogen-bond acceptors (Lipinski definition) is 7. The Labute approximate surface area is 173 Å². The van der Waals surface area contributed by atoms with Crippen LogP contribution in [0.2, 0.25) is 0 Å². The SMILES string of the molecule is Cc1cc(NC2=CN(Sc3ccc(NC(=O)C(C)C)cc3)CC3=NC=C[N+]23)n[nH]1. The highest BCUT2D eigenvalue weighted by Crippen LogP contribution is 2.29. The Hall–Kier alpha value is -3.04. The highest BCUT2D eigenvalue weighted by molar-refractivity contribution is 7.97. The van der Waals surface area contributed by atoms with Crippen LogP contribution in [0.15, 0.2) is 64.6 Å². The summed E-state index contributed by atoms with van der Waals surface area (Å²) in [6, 6.07) is 9.79. The molecule has 4 rings (SSSR count). The van der Waals surface area contributed by atoms with Gasteiger partial charge in [-0.05, 0) is 48.0 Å². The first-order valence-corrected chi connectivity index (χ1v) is 10.1. The zero-order valence-electron chi connectivity index (χ0n) is 16.5. The molecule has 2 aliphatic heterocycles. The lowest BCUT2D eigenvalue weighted by molar-refractivity contribution is -0.118. The van der Waals surface area contributed by atoms with Gasteiger partial charge in [0.2, 0.25) is 5.91 Å². The first kappa shape index (κ1) is 19.3. The van der Waals surface area contributed by atoms with Crippen LogP contribution in [0.1, 0.15) is 19.5 Å². The summed E-state index contributed by atoms with van der Waals surface area (Å²) in [5.74, 6) is 2.54.